The number of benzene rings is 1. The smallest absolute Gasteiger partial charge is 0.256 e. The standard InChI is InChI=1S/C28H30N6O3S/c1-17-11-12-30-23(15-17)32-28(35)19-7-5-18(6-8-19)24-25-26(29)31-13-14-34(25)27(33-24)20-3-2-4-22(16-20)38(36,37)21-9-10-21/h5-8,11-15,20-22H,2-4,9-10,16H2,1H3,(H2,29,31)(H,30,32,35)/t20-,22?/m1/s1. The maximum absolute atomic E-state index is 13.0. The number of nitrogen functional groups attached to an aromatic ring is 1. The monoisotopic (exact) mass is 530 g/mol. The van der Waals surface area contributed by atoms with E-state index in [9.17, 15) is 13.2 Å². The number of aryl methyl sites for hydroxylation is 1. The summed E-state index contributed by atoms with van der Waals surface area (Å²) in [5.74, 6) is 1.42. The summed E-state index contributed by atoms with van der Waals surface area (Å²) in [6, 6.07) is 10.9. The SMILES string of the molecule is Cc1ccnc(NC(=O)c2ccc(-c3nc([C@@H]4CCCC(S(=O)(=O)C5CC5)C4)n4ccnc(N)c34)cc2)c1. The lowest BCUT2D eigenvalue weighted by Gasteiger charge is -2.28. The van der Waals surface area contributed by atoms with Crippen molar-refractivity contribution >= 4 is 32.9 Å². The van der Waals surface area contributed by atoms with Crippen LogP contribution in [0.2, 0.25) is 0 Å². The van der Waals surface area contributed by atoms with Crippen molar-refractivity contribution < 1.29 is 13.2 Å². The summed E-state index contributed by atoms with van der Waals surface area (Å²) >= 11 is 0. The Kier molecular flexibility index (Phi) is 6.14. The van der Waals surface area contributed by atoms with Crippen molar-refractivity contribution in [2.24, 2.45) is 0 Å². The second-order valence-electron chi connectivity index (χ2n) is 10.4. The molecule has 0 bridgehead atoms. The van der Waals surface area contributed by atoms with E-state index in [2.05, 4.69) is 15.3 Å². The number of amides is 1. The van der Waals surface area contributed by atoms with Crippen LogP contribution in [0.5, 0.6) is 0 Å². The zero-order valence-electron chi connectivity index (χ0n) is 21.2. The zero-order valence-corrected chi connectivity index (χ0v) is 22.0. The van der Waals surface area contributed by atoms with Gasteiger partial charge in [0.1, 0.15) is 28.7 Å². The van der Waals surface area contributed by atoms with E-state index in [1.165, 1.54) is 0 Å². The summed E-state index contributed by atoms with van der Waals surface area (Å²) in [7, 11) is -3.09. The van der Waals surface area contributed by atoms with Gasteiger partial charge in [0, 0.05) is 35.6 Å². The molecule has 0 aliphatic heterocycles. The molecule has 1 aromatic carbocycles. The average Bonchev–Trinajstić information content (AvgIpc) is 3.70. The number of rotatable bonds is 6. The normalized spacial score (nSPS) is 19.9. The summed E-state index contributed by atoms with van der Waals surface area (Å²) in [6.07, 6.45) is 9.75. The van der Waals surface area contributed by atoms with Gasteiger partial charge >= 0.3 is 0 Å². The van der Waals surface area contributed by atoms with Crippen LogP contribution in [0.25, 0.3) is 16.8 Å². The molecule has 2 aliphatic carbocycles. The molecule has 2 fully saturated rings. The molecule has 38 heavy (non-hydrogen) atoms. The van der Waals surface area contributed by atoms with E-state index in [0.29, 0.717) is 34.8 Å². The van der Waals surface area contributed by atoms with Gasteiger partial charge in [-0.1, -0.05) is 18.6 Å². The highest BCUT2D eigenvalue weighted by Gasteiger charge is 2.43. The number of nitrogens with two attached hydrogens (primary N) is 1. The maximum Gasteiger partial charge on any atom is 0.256 e. The minimum atomic E-state index is -3.09. The lowest BCUT2D eigenvalue weighted by atomic mass is 9.88. The van der Waals surface area contributed by atoms with Gasteiger partial charge in [0.05, 0.1) is 10.5 Å². The summed E-state index contributed by atoms with van der Waals surface area (Å²) in [6.45, 7) is 1.94. The molecule has 1 amide bonds. The third kappa shape index (κ3) is 4.53. The lowest BCUT2D eigenvalue weighted by molar-refractivity contribution is 0.102. The van der Waals surface area contributed by atoms with Gasteiger partial charge in [-0.2, -0.15) is 0 Å². The van der Waals surface area contributed by atoms with Gasteiger partial charge in [-0.15, -0.1) is 0 Å². The van der Waals surface area contributed by atoms with Crippen LogP contribution >= 0.6 is 0 Å². The average molecular weight is 531 g/mol. The number of anilines is 2. The molecule has 3 aromatic heterocycles. The molecule has 0 saturated heterocycles. The van der Waals surface area contributed by atoms with E-state index >= 15 is 0 Å². The fraction of sp³-hybridized carbons (Fsp3) is 0.357. The molecule has 0 spiro atoms. The molecule has 0 radical (unpaired) electrons. The first-order chi connectivity index (χ1) is 18.3. The molecule has 3 heterocycles. The highest BCUT2D eigenvalue weighted by Crippen LogP contribution is 2.42. The second-order valence-corrected chi connectivity index (χ2v) is 12.9. The first-order valence-corrected chi connectivity index (χ1v) is 14.6. The zero-order chi connectivity index (χ0) is 26.4. The molecule has 6 rings (SSSR count). The van der Waals surface area contributed by atoms with Crippen molar-refractivity contribution in [2.75, 3.05) is 11.1 Å². The van der Waals surface area contributed by atoms with Crippen molar-refractivity contribution in [2.45, 2.75) is 61.9 Å². The van der Waals surface area contributed by atoms with Crippen LogP contribution in [-0.2, 0) is 9.84 Å². The first-order valence-electron chi connectivity index (χ1n) is 13.0. The Hall–Kier alpha value is -3.79. The fourth-order valence-electron chi connectivity index (χ4n) is 5.50. The van der Waals surface area contributed by atoms with E-state index in [0.717, 1.165) is 49.1 Å². The van der Waals surface area contributed by atoms with Crippen LogP contribution in [0.3, 0.4) is 0 Å². The van der Waals surface area contributed by atoms with Crippen LogP contribution < -0.4 is 11.1 Å². The molecule has 3 N–H and O–H groups in total. The molecule has 1 unspecified atom stereocenters. The number of carbonyl (C=O) groups excluding carboxylic acids is 1. The largest absolute Gasteiger partial charge is 0.382 e. The molecule has 2 aliphatic rings. The number of hydrogen-bond acceptors (Lipinski definition) is 7. The number of aromatic nitrogens is 4. The summed E-state index contributed by atoms with van der Waals surface area (Å²) in [5.41, 5.74) is 9.98. The van der Waals surface area contributed by atoms with Gasteiger partial charge in [-0.05, 0) is 68.9 Å². The van der Waals surface area contributed by atoms with Gasteiger partial charge in [0.2, 0.25) is 0 Å². The number of fused-ring (bicyclic) bond motifs is 1. The molecule has 2 atom stereocenters. The van der Waals surface area contributed by atoms with Gasteiger partial charge < -0.3 is 11.1 Å². The van der Waals surface area contributed by atoms with Crippen molar-refractivity contribution in [3.05, 3.63) is 71.9 Å². The Bertz CT molecular complexity index is 1630. The Morgan fingerprint density at radius 2 is 1.82 bits per heavy atom. The Labute approximate surface area is 221 Å². The van der Waals surface area contributed by atoms with Crippen LogP contribution in [0.15, 0.2) is 55.0 Å². The number of sulfone groups is 1. The molecule has 196 valence electrons. The van der Waals surface area contributed by atoms with E-state index in [-0.39, 0.29) is 22.3 Å². The topological polar surface area (TPSA) is 132 Å². The second kappa shape index (κ2) is 9.50. The van der Waals surface area contributed by atoms with Crippen LogP contribution in [0.1, 0.15) is 66.2 Å². The van der Waals surface area contributed by atoms with E-state index < -0.39 is 9.84 Å². The van der Waals surface area contributed by atoms with Crippen LogP contribution in [0.4, 0.5) is 11.6 Å². The van der Waals surface area contributed by atoms with Crippen molar-refractivity contribution in [3.8, 4) is 11.3 Å². The van der Waals surface area contributed by atoms with Gasteiger partial charge in [-0.25, -0.2) is 23.4 Å². The minimum Gasteiger partial charge on any atom is -0.382 e. The minimum absolute atomic E-state index is 0.0113. The predicted octanol–water partition coefficient (Wildman–Crippen LogP) is 4.54. The summed E-state index contributed by atoms with van der Waals surface area (Å²) < 4.78 is 27.9. The lowest BCUT2D eigenvalue weighted by Crippen LogP contribution is -2.30. The Balaban J connectivity index is 1.31. The van der Waals surface area contributed by atoms with Crippen LogP contribution in [-0.4, -0.2) is 44.2 Å². The number of hydrogen-bond donors (Lipinski definition) is 2. The Morgan fingerprint density at radius 1 is 1.03 bits per heavy atom. The van der Waals surface area contributed by atoms with Gasteiger partial charge in [0.25, 0.3) is 5.91 Å². The van der Waals surface area contributed by atoms with E-state index in [1.807, 2.05) is 41.8 Å². The number of pyridine rings is 1. The third-order valence-electron chi connectivity index (χ3n) is 7.63. The number of nitrogens with zero attached hydrogens (tertiary/aromatic N) is 4. The number of imidazole rings is 1. The number of nitrogens with one attached hydrogen (secondary N) is 1. The van der Waals surface area contributed by atoms with Gasteiger partial charge in [0.15, 0.2) is 9.84 Å². The van der Waals surface area contributed by atoms with E-state index in [4.69, 9.17) is 10.7 Å². The molecule has 10 heteroatoms. The fourth-order valence-corrected chi connectivity index (χ4v) is 7.83. The first kappa shape index (κ1) is 24.5. The predicted molar refractivity (Wildman–Crippen MR) is 147 cm³/mol. The third-order valence-corrected chi connectivity index (χ3v) is 10.4. The Morgan fingerprint density at radius 3 is 2.55 bits per heavy atom. The molecule has 9 nitrogen and oxygen atoms in total. The molecular formula is C28H30N6O3S. The maximum atomic E-state index is 13.0. The van der Waals surface area contributed by atoms with Crippen LogP contribution in [0, 0.1) is 6.92 Å². The molecular weight excluding hydrogens is 500 g/mol. The quantitative estimate of drug-likeness (QED) is 0.374. The summed E-state index contributed by atoms with van der Waals surface area (Å²) in [5, 5.41) is 2.35. The van der Waals surface area contributed by atoms with Crippen molar-refractivity contribution in [3.63, 3.8) is 0 Å². The van der Waals surface area contributed by atoms with Crippen molar-refractivity contribution in [1.82, 2.24) is 19.4 Å². The van der Waals surface area contributed by atoms with Gasteiger partial charge in [-0.3, -0.25) is 9.20 Å². The summed E-state index contributed by atoms with van der Waals surface area (Å²) in [4.78, 5) is 26.3. The van der Waals surface area contributed by atoms with E-state index in [1.54, 1.807) is 24.5 Å². The number of carbonyl (C=O) groups is 1. The highest BCUT2D eigenvalue weighted by atomic mass is 32.2. The molecule has 2 saturated carbocycles. The highest BCUT2D eigenvalue weighted by molar-refractivity contribution is 7.92. The van der Waals surface area contributed by atoms with Crippen molar-refractivity contribution in [1.29, 1.82) is 0 Å². The molecule has 4 aromatic rings.